The number of nitrogens with zero attached hydrogens (tertiary/aromatic N) is 2. The monoisotopic (exact) mass is 243 g/mol. The SMILES string of the molecule is CNc1ncn2cc(F)c(Br)cc12. The van der Waals surface area contributed by atoms with Crippen LogP contribution in [0.3, 0.4) is 0 Å². The second-order valence-electron chi connectivity index (χ2n) is 2.60. The lowest BCUT2D eigenvalue weighted by Gasteiger charge is -1.99. The molecule has 0 atom stereocenters. The van der Waals surface area contributed by atoms with Gasteiger partial charge in [-0.15, -0.1) is 0 Å². The second-order valence-corrected chi connectivity index (χ2v) is 3.46. The molecule has 0 fully saturated rings. The summed E-state index contributed by atoms with van der Waals surface area (Å²) in [7, 11) is 1.78. The van der Waals surface area contributed by atoms with E-state index in [0.29, 0.717) is 4.47 Å². The van der Waals surface area contributed by atoms with Crippen molar-refractivity contribution in [2.24, 2.45) is 0 Å². The van der Waals surface area contributed by atoms with Crippen molar-refractivity contribution >= 4 is 27.3 Å². The fourth-order valence-electron chi connectivity index (χ4n) is 1.18. The van der Waals surface area contributed by atoms with Gasteiger partial charge in [-0.3, -0.25) is 0 Å². The predicted octanol–water partition coefficient (Wildman–Crippen LogP) is 2.28. The van der Waals surface area contributed by atoms with Crippen LogP contribution in [-0.4, -0.2) is 16.4 Å². The number of nitrogens with one attached hydrogen (secondary N) is 1. The maximum absolute atomic E-state index is 13.0. The minimum atomic E-state index is -0.299. The fourth-order valence-corrected chi connectivity index (χ4v) is 1.50. The molecule has 0 saturated carbocycles. The fraction of sp³-hybridized carbons (Fsp3) is 0.125. The summed E-state index contributed by atoms with van der Waals surface area (Å²) in [5, 5.41) is 2.92. The van der Waals surface area contributed by atoms with Crippen LogP contribution in [0.2, 0.25) is 0 Å². The van der Waals surface area contributed by atoms with Gasteiger partial charge in [0.05, 0.1) is 9.99 Å². The van der Waals surface area contributed by atoms with Gasteiger partial charge in [0.1, 0.15) is 6.33 Å². The molecule has 13 heavy (non-hydrogen) atoms. The van der Waals surface area contributed by atoms with Crippen LogP contribution in [0.25, 0.3) is 5.52 Å². The Hall–Kier alpha value is -1.10. The third kappa shape index (κ3) is 1.29. The summed E-state index contributed by atoms with van der Waals surface area (Å²) in [6.07, 6.45) is 2.95. The quantitative estimate of drug-likeness (QED) is 0.833. The van der Waals surface area contributed by atoms with E-state index >= 15 is 0 Å². The number of anilines is 1. The molecule has 0 spiro atoms. The molecule has 0 unspecified atom stereocenters. The van der Waals surface area contributed by atoms with Gasteiger partial charge in [0.25, 0.3) is 0 Å². The molecular formula is C8H7BrFN3. The lowest BCUT2D eigenvalue weighted by Crippen LogP contribution is -1.90. The average molecular weight is 244 g/mol. The standard InChI is InChI=1S/C8H7BrFN3/c1-11-8-7-2-5(9)6(10)3-13(7)4-12-8/h2-4,11H,1H3. The van der Waals surface area contributed by atoms with E-state index in [0.717, 1.165) is 11.3 Å². The molecule has 68 valence electrons. The molecule has 0 amide bonds. The maximum Gasteiger partial charge on any atom is 0.154 e. The van der Waals surface area contributed by atoms with Crippen molar-refractivity contribution in [1.29, 1.82) is 0 Å². The first-order chi connectivity index (χ1) is 6.22. The van der Waals surface area contributed by atoms with Crippen LogP contribution in [0.5, 0.6) is 0 Å². The van der Waals surface area contributed by atoms with E-state index in [1.807, 2.05) is 0 Å². The Kier molecular flexibility index (Phi) is 1.95. The van der Waals surface area contributed by atoms with Crippen LogP contribution in [0.1, 0.15) is 0 Å². The molecule has 2 aromatic heterocycles. The number of halogens is 2. The summed E-state index contributed by atoms with van der Waals surface area (Å²) in [6, 6.07) is 1.69. The van der Waals surface area contributed by atoms with E-state index in [9.17, 15) is 4.39 Å². The predicted molar refractivity (Wildman–Crippen MR) is 52.4 cm³/mol. The molecule has 2 heterocycles. The molecule has 5 heteroatoms. The molecule has 0 aliphatic heterocycles. The zero-order chi connectivity index (χ0) is 9.42. The van der Waals surface area contributed by atoms with Crippen molar-refractivity contribution < 1.29 is 4.39 Å². The molecule has 0 aliphatic carbocycles. The van der Waals surface area contributed by atoms with Gasteiger partial charge in [-0.25, -0.2) is 9.37 Å². The smallest absolute Gasteiger partial charge is 0.154 e. The van der Waals surface area contributed by atoms with Crippen LogP contribution >= 0.6 is 15.9 Å². The number of rotatable bonds is 1. The summed E-state index contributed by atoms with van der Waals surface area (Å²) in [5.41, 5.74) is 0.843. The van der Waals surface area contributed by atoms with Gasteiger partial charge in [0, 0.05) is 13.2 Å². The Labute approximate surface area is 82.7 Å². The lowest BCUT2D eigenvalue weighted by molar-refractivity contribution is 0.612. The Morgan fingerprint density at radius 2 is 2.38 bits per heavy atom. The van der Waals surface area contributed by atoms with Gasteiger partial charge in [0.2, 0.25) is 0 Å². The Bertz CT molecular complexity index is 452. The van der Waals surface area contributed by atoms with Crippen molar-refractivity contribution in [3.63, 3.8) is 0 Å². The highest BCUT2D eigenvalue weighted by molar-refractivity contribution is 9.10. The first-order valence-corrected chi connectivity index (χ1v) is 4.51. The Morgan fingerprint density at radius 1 is 1.62 bits per heavy atom. The van der Waals surface area contributed by atoms with Crippen molar-refractivity contribution in [1.82, 2.24) is 9.38 Å². The summed E-state index contributed by atoms with van der Waals surface area (Å²) in [5.74, 6) is 0.438. The summed E-state index contributed by atoms with van der Waals surface area (Å²) in [4.78, 5) is 4.06. The van der Waals surface area contributed by atoms with Crippen molar-refractivity contribution in [2.45, 2.75) is 0 Å². The number of imidazole rings is 1. The van der Waals surface area contributed by atoms with E-state index in [1.54, 1.807) is 23.8 Å². The molecule has 0 bridgehead atoms. The van der Waals surface area contributed by atoms with E-state index in [4.69, 9.17) is 0 Å². The largest absolute Gasteiger partial charge is 0.371 e. The highest BCUT2D eigenvalue weighted by Gasteiger charge is 2.06. The normalized spacial score (nSPS) is 10.7. The van der Waals surface area contributed by atoms with Gasteiger partial charge in [-0.1, -0.05) is 0 Å². The third-order valence-corrected chi connectivity index (χ3v) is 2.42. The van der Waals surface area contributed by atoms with Gasteiger partial charge in [-0.05, 0) is 22.0 Å². The third-order valence-electron chi connectivity index (χ3n) is 1.81. The molecule has 0 saturated heterocycles. The number of hydrogen-bond acceptors (Lipinski definition) is 2. The highest BCUT2D eigenvalue weighted by atomic mass is 79.9. The molecule has 0 aliphatic rings. The molecule has 2 aromatic rings. The van der Waals surface area contributed by atoms with Crippen LogP contribution in [0.15, 0.2) is 23.1 Å². The van der Waals surface area contributed by atoms with Crippen molar-refractivity contribution in [3.8, 4) is 0 Å². The van der Waals surface area contributed by atoms with Gasteiger partial charge in [-0.2, -0.15) is 0 Å². The number of fused-ring (bicyclic) bond motifs is 1. The van der Waals surface area contributed by atoms with E-state index < -0.39 is 0 Å². The van der Waals surface area contributed by atoms with E-state index in [2.05, 4.69) is 26.2 Å². The van der Waals surface area contributed by atoms with Crippen LogP contribution in [0.4, 0.5) is 10.2 Å². The molecule has 1 N–H and O–H groups in total. The van der Waals surface area contributed by atoms with Gasteiger partial charge < -0.3 is 9.72 Å². The van der Waals surface area contributed by atoms with Crippen LogP contribution in [-0.2, 0) is 0 Å². The van der Waals surface area contributed by atoms with Crippen LogP contribution in [0, 0.1) is 5.82 Å². The van der Waals surface area contributed by atoms with E-state index in [-0.39, 0.29) is 5.82 Å². The second kappa shape index (κ2) is 2.99. The first kappa shape index (κ1) is 8.50. The average Bonchev–Trinajstić information content (AvgIpc) is 2.48. The summed E-state index contributed by atoms with van der Waals surface area (Å²) in [6.45, 7) is 0. The van der Waals surface area contributed by atoms with Gasteiger partial charge in [0.15, 0.2) is 11.6 Å². The summed E-state index contributed by atoms with van der Waals surface area (Å²) >= 11 is 3.12. The highest BCUT2D eigenvalue weighted by Crippen LogP contribution is 2.21. The molecule has 0 radical (unpaired) electrons. The van der Waals surface area contributed by atoms with Crippen molar-refractivity contribution in [3.05, 3.63) is 28.9 Å². The topological polar surface area (TPSA) is 29.3 Å². The number of aromatic nitrogens is 2. The van der Waals surface area contributed by atoms with Crippen LogP contribution < -0.4 is 5.32 Å². The summed E-state index contributed by atoms with van der Waals surface area (Å²) < 4.78 is 15.1. The zero-order valence-electron chi connectivity index (χ0n) is 6.88. The maximum atomic E-state index is 13.0. The molecule has 0 aromatic carbocycles. The minimum absolute atomic E-state index is 0.299. The number of pyridine rings is 1. The van der Waals surface area contributed by atoms with Gasteiger partial charge >= 0.3 is 0 Å². The molecule has 3 nitrogen and oxygen atoms in total. The lowest BCUT2D eigenvalue weighted by atomic mass is 10.4. The Balaban J connectivity index is 2.77. The zero-order valence-corrected chi connectivity index (χ0v) is 8.47. The first-order valence-electron chi connectivity index (χ1n) is 3.72. The van der Waals surface area contributed by atoms with Crippen molar-refractivity contribution in [2.75, 3.05) is 12.4 Å². The van der Waals surface area contributed by atoms with E-state index in [1.165, 1.54) is 6.20 Å². The number of hydrogen-bond donors (Lipinski definition) is 1. The Morgan fingerprint density at radius 3 is 3.08 bits per heavy atom. The molecular weight excluding hydrogens is 237 g/mol. The minimum Gasteiger partial charge on any atom is -0.371 e. The molecule has 2 rings (SSSR count).